The minimum atomic E-state index is -0.962. The molecule has 0 aliphatic rings. The molecule has 42 heavy (non-hydrogen) atoms. The van der Waals surface area contributed by atoms with E-state index >= 15 is 0 Å². The molecule has 0 unspecified atom stereocenters. The predicted molar refractivity (Wildman–Crippen MR) is 163 cm³/mol. The van der Waals surface area contributed by atoms with Crippen molar-refractivity contribution in [3.05, 3.63) is 108 Å². The lowest BCUT2D eigenvalue weighted by atomic mass is 10.2. The lowest BCUT2D eigenvalue weighted by Gasteiger charge is -2.05. The van der Waals surface area contributed by atoms with E-state index < -0.39 is 17.9 Å². The Balaban J connectivity index is 0.000000315. The second-order valence-corrected chi connectivity index (χ2v) is 7.93. The molecule has 0 aromatic heterocycles. The first-order chi connectivity index (χ1) is 20.2. The SMILES string of the molecule is CCOc1ccccc1/C=C/C(=O)O.CCOc1ccccc1/C=C/C(=O)O.CCOc1ccccc1/C=C/C(=O)O. The van der Waals surface area contributed by atoms with Crippen LogP contribution in [0.15, 0.2) is 91.0 Å². The van der Waals surface area contributed by atoms with E-state index in [4.69, 9.17) is 29.5 Å². The van der Waals surface area contributed by atoms with Crippen LogP contribution in [0.1, 0.15) is 37.5 Å². The Morgan fingerprint density at radius 2 is 0.738 bits per heavy atom. The van der Waals surface area contributed by atoms with E-state index in [0.717, 1.165) is 34.9 Å². The lowest BCUT2D eigenvalue weighted by molar-refractivity contribution is -0.132. The van der Waals surface area contributed by atoms with Crippen molar-refractivity contribution in [2.75, 3.05) is 19.8 Å². The highest BCUT2D eigenvalue weighted by Gasteiger charge is 2.00. The third-order valence-electron chi connectivity index (χ3n) is 4.87. The van der Waals surface area contributed by atoms with E-state index in [2.05, 4.69) is 0 Å². The molecule has 222 valence electrons. The molecule has 0 aliphatic carbocycles. The monoisotopic (exact) mass is 576 g/mol. The summed E-state index contributed by atoms with van der Waals surface area (Å²) in [7, 11) is 0. The van der Waals surface area contributed by atoms with Crippen molar-refractivity contribution < 1.29 is 43.9 Å². The Morgan fingerprint density at radius 3 is 0.952 bits per heavy atom. The van der Waals surface area contributed by atoms with Gasteiger partial charge in [0, 0.05) is 34.9 Å². The highest BCUT2D eigenvalue weighted by atomic mass is 16.5. The number of hydrogen-bond donors (Lipinski definition) is 3. The molecule has 3 rings (SSSR count). The molecule has 3 aromatic carbocycles. The Morgan fingerprint density at radius 1 is 0.500 bits per heavy atom. The molecule has 0 bridgehead atoms. The summed E-state index contributed by atoms with van der Waals surface area (Å²) in [6, 6.07) is 21.9. The van der Waals surface area contributed by atoms with E-state index in [1.54, 1.807) is 0 Å². The third-order valence-corrected chi connectivity index (χ3v) is 4.87. The average Bonchev–Trinajstić information content (AvgIpc) is 2.97. The maximum absolute atomic E-state index is 10.3. The summed E-state index contributed by atoms with van der Waals surface area (Å²) in [5.41, 5.74) is 2.32. The van der Waals surface area contributed by atoms with Gasteiger partial charge in [-0.2, -0.15) is 0 Å². The summed E-state index contributed by atoms with van der Waals surface area (Å²) in [5, 5.41) is 25.4. The van der Waals surface area contributed by atoms with E-state index in [1.165, 1.54) is 18.2 Å². The van der Waals surface area contributed by atoms with Gasteiger partial charge < -0.3 is 29.5 Å². The normalized spacial score (nSPS) is 10.4. The van der Waals surface area contributed by atoms with Crippen molar-refractivity contribution in [2.45, 2.75) is 20.8 Å². The largest absolute Gasteiger partial charge is 0.493 e. The number of carboxylic acid groups (broad SMARTS) is 3. The lowest BCUT2D eigenvalue weighted by Crippen LogP contribution is -1.93. The standard InChI is InChI=1S/3C11H12O3/c3*1-2-14-10-6-4-3-5-9(10)7-8-11(12)13/h3*3-8H,2H2,1H3,(H,12,13)/b3*8-7+. The van der Waals surface area contributed by atoms with Gasteiger partial charge in [-0.25, -0.2) is 14.4 Å². The van der Waals surface area contributed by atoms with Gasteiger partial charge in [-0.1, -0.05) is 54.6 Å². The second-order valence-electron chi connectivity index (χ2n) is 7.93. The number of rotatable bonds is 12. The van der Waals surface area contributed by atoms with Crippen LogP contribution in [0.5, 0.6) is 17.2 Å². The summed E-state index contributed by atoms with van der Waals surface area (Å²) < 4.78 is 16.0. The van der Waals surface area contributed by atoms with Gasteiger partial charge in [0.25, 0.3) is 0 Å². The zero-order valence-corrected chi connectivity index (χ0v) is 23.8. The molecule has 3 N–H and O–H groups in total. The van der Waals surface area contributed by atoms with Gasteiger partial charge in [-0.15, -0.1) is 0 Å². The predicted octanol–water partition coefficient (Wildman–Crippen LogP) is 6.55. The highest BCUT2D eigenvalue weighted by molar-refractivity contribution is 5.87. The van der Waals surface area contributed by atoms with E-state index in [-0.39, 0.29) is 0 Å². The fourth-order valence-corrected chi connectivity index (χ4v) is 3.20. The second kappa shape index (κ2) is 20.6. The van der Waals surface area contributed by atoms with Gasteiger partial charge in [0.05, 0.1) is 19.8 Å². The molecule has 0 fully saturated rings. The zero-order valence-electron chi connectivity index (χ0n) is 23.8. The summed E-state index contributed by atoms with van der Waals surface area (Å²) in [6.45, 7) is 7.36. The van der Waals surface area contributed by atoms with Crippen molar-refractivity contribution in [3.63, 3.8) is 0 Å². The summed E-state index contributed by atoms with van der Waals surface area (Å²) in [4.78, 5) is 30.9. The molecule has 0 spiro atoms. The van der Waals surface area contributed by atoms with Gasteiger partial charge in [-0.3, -0.25) is 0 Å². The Kier molecular flexibility index (Phi) is 17.0. The molecule has 0 atom stereocenters. The molecule has 0 saturated heterocycles. The van der Waals surface area contributed by atoms with Crippen LogP contribution in [0.2, 0.25) is 0 Å². The maximum atomic E-state index is 10.3. The molecule has 0 aliphatic heterocycles. The Labute approximate surface area is 245 Å². The van der Waals surface area contributed by atoms with Gasteiger partial charge in [0.1, 0.15) is 17.2 Å². The van der Waals surface area contributed by atoms with Crippen LogP contribution in [0.25, 0.3) is 18.2 Å². The molecular weight excluding hydrogens is 540 g/mol. The number of hydrogen-bond acceptors (Lipinski definition) is 6. The van der Waals surface area contributed by atoms with Crippen molar-refractivity contribution in [3.8, 4) is 17.2 Å². The van der Waals surface area contributed by atoms with E-state index in [0.29, 0.717) is 37.1 Å². The number of para-hydroxylation sites is 3. The van der Waals surface area contributed by atoms with Crippen molar-refractivity contribution >= 4 is 36.1 Å². The van der Waals surface area contributed by atoms with Gasteiger partial charge in [-0.05, 0) is 57.2 Å². The highest BCUT2D eigenvalue weighted by Crippen LogP contribution is 2.20. The van der Waals surface area contributed by atoms with Crippen LogP contribution < -0.4 is 14.2 Å². The average molecular weight is 577 g/mol. The molecule has 3 aromatic rings. The summed E-state index contributed by atoms with van der Waals surface area (Å²) in [5.74, 6) is -0.781. The smallest absolute Gasteiger partial charge is 0.328 e. The van der Waals surface area contributed by atoms with E-state index in [9.17, 15) is 14.4 Å². The molecule has 9 heteroatoms. The molecule has 9 nitrogen and oxygen atoms in total. The van der Waals surface area contributed by atoms with Gasteiger partial charge >= 0.3 is 17.9 Å². The fourth-order valence-electron chi connectivity index (χ4n) is 3.20. The Hall–Kier alpha value is -5.31. The Bertz CT molecular complexity index is 1190. The molecule has 0 radical (unpaired) electrons. The van der Waals surface area contributed by atoms with Crippen molar-refractivity contribution in [1.82, 2.24) is 0 Å². The molecule has 0 saturated carbocycles. The van der Waals surface area contributed by atoms with Crippen molar-refractivity contribution in [1.29, 1.82) is 0 Å². The fraction of sp³-hybridized carbons (Fsp3) is 0.182. The first-order valence-corrected chi connectivity index (χ1v) is 13.1. The first kappa shape index (κ1) is 34.7. The van der Waals surface area contributed by atoms with Crippen LogP contribution >= 0.6 is 0 Å². The molecule has 0 heterocycles. The molecular formula is C33H36O9. The molecule has 0 amide bonds. The quantitative estimate of drug-likeness (QED) is 0.205. The first-order valence-electron chi connectivity index (χ1n) is 13.1. The number of ether oxygens (including phenoxy) is 3. The minimum absolute atomic E-state index is 0.567. The van der Waals surface area contributed by atoms with Crippen LogP contribution in [0.4, 0.5) is 0 Å². The van der Waals surface area contributed by atoms with E-state index in [1.807, 2.05) is 93.6 Å². The van der Waals surface area contributed by atoms with Gasteiger partial charge in [0.15, 0.2) is 0 Å². The zero-order chi connectivity index (χ0) is 31.2. The van der Waals surface area contributed by atoms with Gasteiger partial charge in [0.2, 0.25) is 0 Å². The van der Waals surface area contributed by atoms with Crippen LogP contribution in [0, 0.1) is 0 Å². The van der Waals surface area contributed by atoms with Crippen LogP contribution in [-0.4, -0.2) is 53.0 Å². The number of carboxylic acids is 3. The third kappa shape index (κ3) is 14.7. The number of aliphatic carboxylic acids is 3. The van der Waals surface area contributed by atoms with Crippen LogP contribution in [-0.2, 0) is 14.4 Å². The topological polar surface area (TPSA) is 140 Å². The summed E-state index contributed by atoms with van der Waals surface area (Å²) >= 11 is 0. The van der Waals surface area contributed by atoms with Crippen molar-refractivity contribution in [2.24, 2.45) is 0 Å². The van der Waals surface area contributed by atoms with Crippen LogP contribution in [0.3, 0.4) is 0 Å². The summed E-state index contributed by atoms with van der Waals surface area (Å²) in [6.07, 6.45) is 7.85. The number of carbonyl (C=O) groups is 3. The minimum Gasteiger partial charge on any atom is -0.493 e. The number of benzene rings is 3. The maximum Gasteiger partial charge on any atom is 0.328 e.